The Morgan fingerprint density at radius 2 is 2.10 bits per heavy atom. The van der Waals surface area contributed by atoms with Crippen molar-refractivity contribution in [3.8, 4) is 0 Å². The van der Waals surface area contributed by atoms with Crippen molar-refractivity contribution in [1.82, 2.24) is 5.32 Å². The summed E-state index contributed by atoms with van der Waals surface area (Å²) < 4.78 is 26.3. The molecule has 1 aromatic carbocycles. The Kier molecular flexibility index (Phi) is 3.83. The third-order valence-corrected chi connectivity index (χ3v) is 4.97. The van der Waals surface area contributed by atoms with Crippen LogP contribution in [0.3, 0.4) is 0 Å². The summed E-state index contributed by atoms with van der Waals surface area (Å²) in [4.78, 5) is 11.9. The molecule has 0 spiro atoms. The molecule has 2 saturated carbocycles. The van der Waals surface area contributed by atoms with E-state index in [0.29, 0.717) is 11.8 Å². The summed E-state index contributed by atoms with van der Waals surface area (Å²) in [6.07, 6.45) is 5.04. The molecule has 2 amide bonds. The molecule has 2 aliphatic rings. The van der Waals surface area contributed by atoms with Gasteiger partial charge in [-0.3, -0.25) is 0 Å². The van der Waals surface area contributed by atoms with Crippen molar-refractivity contribution in [3.05, 3.63) is 29.8 Å². The largest absolute Gasteiger partial charge is 0.335 e. The van der Waals surface area contributed by atoms with E-state index in [1.54, 1.807) is 0 Å². The zero-order chi connectivity index (χ0) is 15.0. The Balaban J connectivity index is 1.56. The lowest BCUT2D eigenvalue weighted by molar-refractivity contribution is 0.230. The van der Waals surface area contributed by atoms with E-state index in [1.165, 1.54) is 31.7 Å². The number of anilines is 1. The van der Waals surface area contributed by atoms with Crippen molar-refractivity contribution in [2.75, 3.05) is 5.32 Å². The van der Waals surface area contributed by atoms with Gasteiger partial charge in [0, 0.05) is 12.1 Å². The second kappa shape index (κ2) is 5.62. The summed E-state index contributed by atoms with van der Waals surface area (Å²) in [5, 5.41) is 5.33. The minimum absolute atomic E-state index is 0.00552. The lowest BCUT2D eigenvalue weighted by atomic mass is 9.84. The first kappa shape index (κ1) is 14.3. The van der Waals surface area contributed by atoms with Gasteiger partial charge < -0.3 is 10.6 Å². The second-order valence-electron chi connectivity index (χ2n) is 6.35. The van der Waals surface area contributed by atoms with Crippen LogP contribution in [0.5, 0.6) is 0 Å². The van der Waals surface area contributed by atoms with Crippen LogP contribution in [0.1, 0.15) is 32.6 Å². The molecule has 3 nitrogen and oxygen atoms in total. The van der Waals surface area contributed by atoms with Crippen LogP contribution in [-0.2, 0) is 0 Å². The Morgan fingerprint density at radius 3 is 2.71 bits per heavy atom. The van der Waals surface area contributed by atoms with Gasteiger partial charge in [0.2, 0.25) is 0 Å². The minimum atomic E-state index is -0.766. The minimum Gasteiger partial charge on any atom is -0.335 e. The van der Waals surface area contributed by atoms with Gasteiger partial charge in [0.05, 0.1) is 5.69 Å². The van der Waals surface area contributed by atoms with E-state index in [9.17, 15) is 13.6 Å². The van der Waals surface area contributed by atoms with E-state index in [2.05, 4.69) is 10.6 Å². The molecule has 0 aromatic heterocycles. The lowest BCUT2D eigenvalue weighted by Gasteiger charge is -2.28. The summed E-state index contributed by atoms with van der Waals surface area (Å²) >= 11 is 0. The second-order valence-corrected chi connectivity index (χ2v) is 6.35. The number of carbonyl (C=O) groups is 1. The van der Waals surface area contributed by atoms with Crippen LogP contribution in [0.15, 0.2) is 18.2 Å². The first-order chi connectivity index (χ1) is 10.0. The zero-order valence-corrected chi connectivity index (χ0v) is 12.0. The number of nitrogens with one attached hydrogen (secondary N) is 2. The predicted molar refractivity (Wildman–Crippen MR) is 76.9 cm³/mol. The number of fused-ring (bicyclic) bond motifs is 2. The summed E-state index contributed by atoms with van der Waals surface area (Å²) in [7, 11) is 0. The fourth-order valence-corrected chi connectivity index (χ4v) is 3.97. The van der Waals surface area contributed by atoms with Gasteiger partial charge in [0.25, 0.3) is 0 Å². The summed E-state index contributed by atoms with van der Waals surface area (Å²) in [6.45, 7) is 2.01. The molecular weight excluding hydrogens is 274 g/mol. The molecule has 2 bridgehead atoms. The Bertz CT molecular complexity index is 549. The number of halogens is 2. The summed E-state index contributed by atoms with van der Waals surface area (Å²) in [5.74, 6) is 0.633. The molecule has 4 atom stereocenters. The van der Waals surface area contributed by atoms with Gasteiger partial charge in [-0.2, -0.15) is 0 Å². The topological polar surface area (TPSA) is 41.1 Å². The summed E-state index contributed by atoms with van der Waals surface area (Å²) in [6, 6.07) is 2.75. The highest BCUT2D eigenvalue weighted by Crippen LogP contribution is 2.49. The van der Waals surface area contributed by atoms with Crippen LogP contribution in [0.4, 0.5) is 19.3 Å². The fraction of sp³-hybridized carbons (Fsp3) is 0.562. The number of carbonyl (C=O) groups excluding carboxylic acids is 1. The lowest BCUT2D eigenvalue weighted by Crippen LogP contribution is -2.42. The normalized spacial score (nSPS) is 28.4. The van der Waals surface area contributed by atoms with Gasteiger partial charge in [0.15, 0.2) is 0 Å². The van der Waals surface area contributed by atoms with E-state index in [0.717, 1.165) is 18.1 Å². The third-order valence-electron chi connectivity index (χ3n) is 4.97. The number of rotatable bonds is 3. The number of urea groups is 1. The van der Waals surface area contributed by atoms with Gasteiger partial charge in [0.1, 0.15) is 11.6 Å². The van der Waals surface area contributed by atoms with Gasteiger partial charge in [-0.05, 0) is 56.1 Å². The molecule has 3 rings (SSSR count). The van der Waals surface area contributed by atoms with E-state index in [4.69, 9.17) is 0 Å². The summed E-state index contributed by atoms with van der Waals surface area (Å²) in [5.41, 5.74) is -0.00552. The quantitative estimate of drug-likeness (QED) is 0.872. The molecule has 0 heterocycles. The van der Waals surface area contributed by atoms with Crippen LogP contribution in [0.25, 0.3) is 0 Å². The smallest absolute Gasteiger partial charge is 0.319 e. The van der Waals surface area contributed by atoms with E-state index in [1.807, 2.05) is 6.92 Å². The van der Waals surface area contributed by atoms with Crippen LogP contribution in [-0.4, -0.2) is 12.1 Å². The average molecular weight is 294 g/mol. The maximum absolute atomic E-state index is 13.5. The molecular formula is C16H20F2N2O. The van der Waals surface area contributed by atoms with E-state index in [-0.39, 0.29) is 11.7 Å². The molecule has 2 N–H and O–H groups in total. The maximum Gasteiger partial charge on any atom is 0.319 e. The maximum atomic E-state index is 13.5. The standard InChI is InChI=1S/C16H20F2N2O/c1-9(13-7-10-2-3-11(13)6-10)19-16(21)20-15-5-4-12(17)8-14(15)18/h4-5,8-11,13H,2-3,6-7H2,1H3,(H2,19,20,21)/t9-,10+,11+,13+/m1/s1. The molecule has 2 fully saturated rings. The van der Waals surface area contributed by atoms with Gasteiger partial charge in [-0.25, -0.2) is 13.6 Å². The highest BCUT2D eigenvalue weighted by atomic mass is 19.1. The third kappa shape index (κ3) is 3.01. The molecule has 0 unspecified atom stereocenters. The Morgan fingerprint density at radius 1 is 1.29 bits per heavy atom. The highest BCUT2D eigenvalue weighted by Gasteiger charge is 2.42. The molecule has 0 radical (unpaired) electrons. The fourth-order valence-electron chi connectivity index (χ4n) is 3.97. The van der Waals surface area contributed by atoms with E-state index >= 15 is 0 Å². The number of hydrogen-bond acceptors (Lipinski definition) is 1. The molecule has 0 aliphatic heterocycles. The molecule has 114 valence electrons. The van der Waals surface area contributed by atoms with Crippen molar-refractivity contribution in [3.63, 3.8) is 0 Å². The van der Waals surface area contributed by atoms with Crippen LogP contribution in [0, 0.1) is 29.4 Å². The molecule has 2 aliphatic carbocycles. The highest BCUT2D eigenvalue weighted by molar-refractivity contribution is 5.89. The van der Waals surface area contributed by atoms with Crippen molar-refractivity contribution in [2.24, 2.45) is 17.8 Å². The van der Waals surface area contributed by atoms with Crippen LogP contribution >= 0.6 is 0 Å². The molecule has 0 saturated heterocycles. The monoisotopic (exact) mass is 294 g/mol. The van der Waals surface area contributed by atoms with Gasteiger partial charge in [-0.1, -0.05) is 6.42 Å². The first-order valence-corrected chi connectivity index (χ1v) is 7.55. The van der Waals surface area contributed by atoms with Crippen LogP contribution < -0.4 is 10.6 Å². The SMILES string of the molecule is C[C@@H](NC(=O)Nc1ccc(F)cc1F)[C@@H]1C[C@H]2CC[C@H]1C2. The van der Waals surface area contributed by atoms with Crippen molar-refractivity contribution in [2.45, 2.75) is 38.6 Å². The van der Waals surface area contributed by atoms with Gasteiger partial charge >= 0.3 is 6.03 Å². The zero-order valence-electron chi connectivity index (χ0n) is 12.0. The number of hydrogen-bond donors (Lipinski definition) is 2. The molecule has 5 heteroatoms. The Hall–Kier alpha value is -1.65. The van der Waals surface area contributed by atoms with Crippen molar-refractivity contribution < 1.29 is 13.6 Å². The van der Waals surface area contributed by atoms with Crippen molar-refractivity contribution in [1.29, 1.82) is 0 Å². The number of amides is 2. The van der Waals surface area contributed by atoms with Gasteiger partial charge in [-0.15, -0.1) is 0 Å². The average Bonchev–Trinajstić information content (AvgIpc) is 3.04. The van der Waals surface area contributed by atoms with Crippen LogP contribution in [0.2, 0.25) is 0 Å². The predicted octanol–water partition coefficient (Wildman–Crippen LogP) is 3.91. The first-order valence-electron chi connectivity index (χ1n) is 7.55. The van der Waals surface area contributed by atoms with Crippen molar-refractivity contribution >= 4 is 11.7 Å². The number of benzene rings is 1. The van der Waals surface area contributed by atoms with E-state index < -0.39 is 17.7 Å². The molecule has 21 heavy (non-hydrogen) atoms. The molecule has 1 aromatic rings. The Labute approximate surface area is 123 Å².